The smallest absolute Gasteiger partial charge is 0.271 e. The Kier molecular flexibility index (Phi) is 5.55. The lowest BCUT2D eigenvalue weighted by Crippen LogP contribution is -2.39. The summed E-state index contributed by atoms with van der Waals surface area (Å²) in [7, 11) is 4.67. The SMILES string of the molecule is COc1cc(-c2cc(C(=O)N3CCC(n4nccn4)CC3)[nH]n2)cc(OC)c1OC. The molecule has 0 aliphatic carbocycles. The van der Waals surface area contributed by atoms with E-state index in [1.165, 1.54) is 0 Å². The summed E-state index contributed by atoms with van der Waals surface area (Å²) in [6.45, 7) is 1.28. The molecule has 0 radical (unpaired) electrons. The van der Waals surface area contributed by atoms with Crippen LogP contribution < -0.4 is 14.2 Å². The van der Waals surface area contributed by atoms with Crippen molar-refractivity contribution in [1.82, 2.24) is 30.1 Å². The summed E-state index contributed by atoms with van der Waals surface area (Å²) in [6.07, 6.45) is 4.97. The van der Waals surface area contributed by atoms with Gasteiger partial charge < -0.3 is 19.1 Å². The van der Waals surface area contributed by atoms with E-state index in [4.69, 9.17) is 14.2 Å². The first-order chi connectivity index (χ1) is 14.6. The number of carbonyl (C=O) groups excluding carboxylic acids is 1. The quantitative estimate of drug-likeness (QED) is 0.661. The molecule has 1 N–H and O–H groups in total. The van der Waals surface area contributed by atoms with Gasteiger partial charge in [0.15, 0.2) is 11.5 Å². The highest BCUT2D eigenvalue weighted by Crippen LogP contribution is 2.40. The van der Waals surface area contributed by atoms with Crippen molar-refractivity contribution < 1.29 is 19.0 Å². The maximum absolute atomic E-state index is 12.9. The van der Waals surface area contributed by atoms with Crippen LogP contribution in [0.1, 0.15) is 29.4 Å². The molecule has 0 saturated carbocycles. The highest BCUT2D eigenvalue weighted by molar-refractivity contribution is 5.93. The maximum atomic E-state index is 12.9. The number of rotatable bonds is 6. The van der Waals surface area contributed by atoms with Gasteiger partial charge in [-0.3, -0.25) is 9.89 Å². The Balaban J connectivity index is 1.50. The van der Waals surface area contributed by atoms with Gasteiger partial charge in [-0.15, -0.1) is 0 Å². The van der Waals surface area contributed by atoms with Crippen LogP contribution in [0.2, 0.25) is 0 Å². The highest BCUT2D eigenvalue weighted by atomic mass is 16.5. The minimum absolute atomic E-state index is 0.0759. The first-order valence-corrected chi connectivity index (χ1v) is 9.65. The molecule has 1 fully saturated rings. The van der Waals surface area contributed by atoms with E-state index >= 15 is 0 Å². The number of amides is 1. The van der Waals surface area contributed by atoms with Crippen molar-refractivity contribution in [3.05, 3.63) is 36.3 Å². The number of nitrogens with zero attached hydrogens (tertiary/aromatic N) is 5. The van der Waals surface area contributed by atoms with Crippen LogP contribution in [0.5, 0.6) is 17.2 Å². The van der Waals surface area contributed by atoms with Gasteiger partial charge in [0.05, 0.1) is 45.5 Å². The molecule has 158 valence electrons. The number of methoxy groups -OCH3 is 3. The number of aromatic nitrogens is 5. The first kappa shape index (κ1) is 19.7. The molecule has 3 heterocycles. The fourth-order valence-corrected chi connectivity index (χ4v) is 3.69. The molecule has 0 bridgehead atoms. The van der Waals surface area contributed by atoms with Gasteiger partial charge in [0.25, 0.3) is 5.91 Å². The van der Waals surface area contributed by atoms with E-state index in [1.54, 1.807) is 56.7 Å². The van der Waals surface area contributed by atoms with Crippen molar-refractivity contribution in [1.29, 1.82) is 0 Å². The number of ether oxygens (including phenoxy) is 3. The third-order valence-corrected chi connectivity index (χ3v) is 5.28. The standard InChI is InChI=1S/C20H24N6O4/c1-28-17-10-13(11-18(29-2)19(17)30-3)15-12-16(24-23-15)20(27)25-8-4-14(5-9-25)26-21-6-7-22-26/h6-7,10-12,14H,4-5,8-9H2,1-3H3,(H,23,24). The summed E-state index contributed by atoms with van der Waals surface area (Å²) >= 11 is 0. The van der Waals surface area contributed by atoms with E-state index in [0.29, 0.717) is 41.7 Å². The van der Waals surface area contributed by atoms with Gasteiger partial charge in [-0.1, -0.05) is 0 Å². The molecule has 3 aromatic rings. The molecule has 1 aromatic carbocycles. The number of piperidine rings is 1. The van der Waals surface area contributed by atoms with Crippen LogP contribution in [0.25, 0.3) is 11.3 Å². The Labute approximate surface area is 173 Å². The maximum Gasteiger partial charge on any atom is 0.271 e. The van der Waals surface area contributed by atoms with Gasteiger partial charge >= 0.3 is 0 Å². The summed E-state index contributed by atoms with van der Waals surface area (Å²) in [6, 6.07) is 5.56. The fourth-order valence-electron chi connectivity index (χ4n) is 3.69. The third kappa shape index (κ3) is 3.68. The minimum atomic E-state index is -0.0759. The van der Waals surface area contributed by atoms with Crippen LogP contribution in [-0.2, 0) is 0 Å². The largest absolute Gasteiger partial charge is 0.493 e. The van der Waals surface area contributed by atoms with Gasteiger partial charge in [-0.05, 0) is 31.0 Å². The normalized spacial score (nSPS) is 14.6. The summed E-state index contributed by atoms with van der Waals surface area (Å²) < 4.78 is 16.2. The molecule has 0 spiro atoms. The van der Waals surface area contributed by atoms with Crippen molar-refractivity contribution in [2.24, 2.45) is 0 Å². The number of carbonyl (C=O) groups is 1. The summed E-state index contributed by atoms with van der Waals surface area (Å²) in [5.74, 6) is 1.48. The zero-order valence-corrected chi connectivity index (χ0v) is 17.2. The topological polar surface area (TPSA) is 107 Å². The molecular formula is C20H24N6O4. The highest BCUT2D eigenvalue weighted by Gasteiger charge is 2.26. The third-order valence-electron chi connectivity index (χ3n) is 5.28. The second kappa shape index (κ2) is 8.44. The molecule has 4 rings (SSSR count). The number of aromatic amines is 1. The number of hydrogen-bond acceptors (Lipinski definition) is 7. The molecule has 1 amide bonds. The van der Waals surface area contributed by atoms with E-state index in [2.05, 4.69) is 20.4 Å². The lowest BCUT2D eigenvalue weighted by molar-refractivity contribution is 0.0678. The van der Waals surface area contributed by atoms with E-state index in [0.717, 1.165) is 18.4 Å². The number of nitrogens with one attached hydrogen (secondary N) is 1. The lowest BCUT2D eigenvalue weighted by atomic mass is 10.1. The minimum Gasteiger partial charge on any atom is -0.493 e. The van der Waals surface area contributed by atoms with Crippen LogP contribution in [0.4, 0.5) is 0 Å². The molecular weight excluding hydrogens is 388 g/mol. The predicted molar refractivity (Wildman–Crippen MR) is 108 cm³/mol. The fraction of sp³-hybridized carbons (Fsp3) is 0.400. The molecule has 1 saturated heterocycles. The van der Waals surface area contributed by atoms with E-state index in [9.17, 15) is 4.79 Å². The van der Waals surface area contributed by atoms with Gasteiger partial charge in [-0.25, -0.2) is 0 Å². The van der Waals surface area contributed by atoms with E-state index < -0.39 is 0 Å². The number of likely N-dealkylation sites (tertiary alicyclic amines) is 1. The van der Waals surface area contributed by atoms with Crippen molar-refractivity contribution in [3.63, 3.8) is 0 Å². The Morgan fingerprint density at radius 2 is 1.63 bits per heavy atom. The number of H-pyrrole nitrogens is 1. The Morgan fingerprint density at radius 3 is 2.20 bits per heavy atom. The van der Waals surface area contributed by atoms with Crippen molar-refractivity contribution in [2.75, 3.05) is 34.4 Å². The molecule has 0 atom stereocenters. The molecule has 2 aromatic heterocycles. The summed E-state index contributed by atoms with van der Waals surface area (Å²) in [4.78, 5) is 16.5. The molecule has 10 nitrogen and oxygen atoms in total. The zero-order chi connectivity index (χ0) is 21.1. The average molecular weight is 412 g/mol. The van der Waals surface area contributed by atoms with E-state index in [-0.39, 0.29) is 11.9 Å². The van der Waals surface area contributed by atoms with Crippen LogP contribution in [0, 0.1) is 0 Å². The number of hydrogen-bond donors (Lipinski definition) is 1. The average Bonchev–Trinajstić information content (AvgIpc) is 3.50. The Bertz CT molecular complexity index is 983. The van der Waals surface area contributed by atoms with E-state index in [1.807, 2.05) is 4.90 Å². The second-order valence-corrected chi connectivity index (χ2v) is 6.95. The predicted octanol–water partition coefficient (Wildman–Crippen LogP) is 2.17. The summed E-state index contributed by atoms with van der Waals surface area (Å²) in [5.41, 5.74) is 1.81. The van der Waals surface area contributed by atoms with Gasteiger partial charge in [0.2, 0.25) is 5.75 Å². The second-order valence-electron chi connectivity index (χ2n) is 6.95. The molecule has 30 heavy (non-hydrogen) atoms. The van der Waals surface area contributed by atoms with Gasteiger partial charge in [0, 0.05) is 18.7 Å². The van der Waals surface area contributed by atoms with Crippen molar-refractivity contribution >= 4 is 5.91 Å². The number of benzene rings is 1. The van der Waals surface area contributed by atoms with Gasteiger partial charge in [-0.2, -0.15) is 20.1 Å². The van der Waals surface area contributed by atoms with Crippen LogP contribution in [0.15, 0.2) is 30.6 Å². The Hall–Kier alpha value is -3.56. The van der Waals surface area contributed by atoms with Gasteiger partial charge in [0.1, 0.15) is 5.69 Å². The first-order valence-electron chi connectivity index (χ1n) is 9.65. The molecule has 10 heteroatoms. The monoisotopic (exact) mass is 412 g/mol. The van der Waals surface area contributed by atoms with Crippen molar-refractivity contribution in [3.8, 4) is 28.5 Å². The van der Waals surface area contributed by atoms with Crippen LogP contribution in [0.3, 0.4) is 0 Å². The molecule has 0 unspecified atom stereocenters. The molecule has 1 aliphatic rings. The van der Waals surface area contributed by atoms with Crippen molar-refractivity contribution in [2.45, 2.75) is 18.9 Å². The summed E-state index contributed by atoms with van der Waals surface area (Å²) in [5, 5.41) is 15.6. The zero-order valence-electron chi connectivity index (χ0n) is 17.2. The Morgan fingerprint density at radius 1 is 1.00 bits per heavy atom. The molecule has 1 aliphatic heterocycles. The lowest BCUT2D eigenvalue weighted by Gasteiger charge is -2.31. The van der Waals surface area contributed by atoms with Crippen LogP contribution in [-0.4, -0.2) is 70.4 Å². The van der Waals surface area contributed by atoms with Crippen LogP contribution >= 0.6 is 0 Å².